The van der Waals surface area contributed by atoms with E-state index < -0.39 is 0 Å². The second-order valence-electron chi connectivity index (χ2n) is 6.30. The van der Waals surface area contributed by atoms with Crippen molar-refractivity contribution in [2.75, 3.05) is 20.1 Å². The van der Waals surface area contributed by atoms with E-state index in [0.717, 1.165) is 18.9 Å². The highest BCUT2D eigenvalue weighted by Gasteiger charge is 2.28. The lowest BCUT2D eigenvalue weighted by Crippen LogP contribution is -2.51. The van der Waals surface area contributed by atoms with Crippen LogP contribution < -0.4 is 5.32 Å². The molecule has 106 valence electrons. The molecule has 1 aromatic carbocycles. The molecular formula is C17H28N2. The lowest BCUT2D eigenvalue weighted by Gasteiger charge is -2.40. The second-order valence-corrected chi connectivity index (χ2v) is 6.30. The van der Waals surface area contributed by atoms with Crippen LogP contribution in [0.15, 0.2) is 24.3 Å². The number of piperidine rings is 1. The molecule has 3 atom stereocenters. The fourth-order valence-electron chi connectivity index (χ4n) is 3.10. The van der Waals surface area contributed by atoms with Gasteiger partial charge in [0.15, 0.2) is 0 Å². The maximum atomic E-state index is 3.76. The van der Waals surface area contributed by atoms with Gasteiger partial charge in [-0.05, 0) is 51.8 Å². The van der Waals surface area contributed by atoms with Crippen molar-refractivity contribution >= 4 is 0 Å². The molecule has 1 fully saturated rings. The van der Waals surface area contributed by atoms with Gasteiger partial charge in [-0.15, -0.1) is 0 Å². The number of nitrogens with zero attached hydrogens (tertiary/aromatic N) is 1. The van der Waals surface area contributed by atoms with Crippen LogP contribution in [-0.4, -0.2) is 37.1 Å². The minimum Gasteiger partial charge on any atom is -0.313 e. The molecule has 0 bridgehead atoms. The lowest BCUT2D eigenvalue weighted by molar-refractivity contribution is 0.122. The molecular weight excluding hydrogens is 232 g/mol. The third kappa shape index (κ3) is 4.05. The minimum absolute atomic E-state index is 0.677. The first-order chi connectivity index (χ1) is 9.06. The van der Waals surface area contributed by atoms with E-state index in [1.54, 1.807) is 0 Å². The molecule has 0 saturated carbocycles. The normalized spacial score (nSPS) is 28.5. The van der Waals surface area contributed by atoms with Crippen LogP contribution in [-0.2, 0) is 6.42 Å². The Hall–Kier alpha value is -0.860. The van der Waals surface area contributed by atoms with E-state index in [1.807, 2.05) is 0 Å². The quantitative estimate of drug-likeness (QED) is 0.895. The summed E-state index contributed by atoms with van der Waals surface area (Å²) in [5.41, 5.74) is 2.81. The Labute approximate surface area is 118 Å². The van der Waals surface area contributed by atoms with E-state index in [2.05, 4.69) is 62.3 Å². The summed E-state index contributed by atoms with van der Waals surface area (Å²) < 4.78 is 0. The first-order valence-electron chi connectivity index (χ1n) is 7.55. The first kappa shape index (κ1) is 14.5. The zero-order chi connectivity index (χ0) is 13.8. The number of benzene rings is 1. The minimum atomic E-state index is 0.677. The van der Waals surface area contributed by atoms with Gasteiger partial charge in [-0.2, -0.15) is 0 Å². The Morgan fingerprint density at radius 2 is 2.11 bits per heavy atom. The molecule has 2 heteroatoms. The summed E-state index contributed by atoms with van der Waals surface area (Å²) in [6, 6.07) is 10.2. The molecule has 0 aromatic heterocycles. The van der Waals surface area contributed by atoms with Crippen molar-refractivity contribution in [2.24, 2.45) is 5.92 Å². The molecule has 1 aliphatic heterocycles. The van der Waals surface area contributed by atoms with Crippen LogP contribution in [0.5, 0.6) is 0 Å². The number of hydrogen-bond donors (Lipinski definition) is 1. The van der Waals surface area contributed by atoms with E-state index >= 15 is 0 Å². The van der Waals surface area contributed by atoms with Crippen LogP contribution >= 0.6 is 0 Å². The van der Waals surface area contributed by atoms with Crippen molar-refractivity contribution in [1.82, 2.24) is 10.2 Å². The van der Waals surface area contributed by atoms with Crippen molar-refractivity contribution in [2.45, 2.75) is 45.7 Å². The third-order valence-corrected chi connectivity index (χ3v) is 4.51. The molecule has 19 heavy (non-hydrogen) atoms. The van der Waals surface area contributed by atoms with Gasteiger partial charge in [0.2, 0.25) is 0 Å². The Kier molecular flexibility index (Phi) is 5.00. The standard InChI is InChI=1S/C17H28N2/c1-13-6-5-7-16(10-13)8-9-18-17-11-15(3)19(4)12-14(17)2/h5-7,10,14-15,17-18H,8-9,11-12H2,1-4H3. The molecule has 0 amide bonds. The van der Waals surface area contributed by atoms with E-state index in [1.165, 1.54) is 24.1 Å². The lowest BCUT2D eigenvalue weighted by atomic mass is 9.90. The number of nitrogens with one attached hydrogen (secondary N) is 1. The van der Waals surface area contributed by atoms with Crippen molar-refractivity contribution < 1.29 is 0 Å². The molecule has 2 nitrogen and oxygen atoms in total. The van der Waals surface area contributed by atoms with Crippen LogP contribution in [0.1, 0.15) is 31.4 Å². The van der Waals surface area contributed by atoms with Gasteiger partial charge in [-0.3, -0.25) is 0 Å². The van der Waals surface area contributed by atoms with Gasteiger partial charge in [-0.1, -0.05) is 36.8 Å². The Bertz CT molecular complexity index is 402. The highest BCUT2D eigenvalue weighted by molar-refractivity contribution is 5.22. The number of hydrogen-bond acceptors (Lipinski definition) is 2. The van der Waals surface area contributed by atoms with Gasteiger partial charge in [0, 0.05) is 18.6 Å². The largest absolute Gasteiger partial charge is 0.313 e. The van der Waals surface area contributed by atoms with Gasteiger partial charge < -0.3 is 10.2 Å². The van der Waals surface area contributed by atoms with Gasteiger partial charge in [0.25, 0.3) is 0 Å². The fraction of sp³-hybridized carbons (Fsp3) is 0.647. The molecule has 3 unspecified atom stereocenters. The van der Waals surface area contributed by atoms with Crippen molar-refractivity contribution in [3.05, 3.63) is 35.4 Å². The SMILES string of the molecule is Cc1cccc(CCNC2CC(C)N(C)CC2C)c1. The molecule has 1 heterocycles. The summed E-state index contributed by atoms with van der Waals surface area (Å²) in [7, 11) is 2.24. The summed E-state index contributed by atoms with van der Waals surface area (Å²) in [5.74, 6) is 0.749. The Balaban J connectivity index is 1.79. The number of likely N-dealkylation sites (tertiary alicyclic amines) is 1. The van der Waals surface area contributed by atoms with E-state index in [0.29, 0.717) is 12.1 Å². The van der Waals surface area contributed by atoms with Gasteiger partial charge in [0.1, 0.15) is 0 Å². The molecule has 1 N–H and O–H groups in total. The average Bonchev–Trinajstić information content (AvgIpc) is 2.35. The van der Waals surface area contributed by atoms with E-state index in [9.17, 15) is 0 Å². The highest BCUT2D eigenvalue weighted by Crippen LogP contribution is 2.20. The monoisotopic (exact) mass is 260 g/mol. The zero-order valence-electron chi connectivity index (χ0n) is 12.8. The third-order valence-electron chi connectivity index (χ3n) is 4.51. The number of rotatable bonds is 4. The summed E-state index contributed by atoms with van der Waals surface area (Å²) in [6.07, 6.45) is 2.40. The molecule has 1 saturated heterocycles. The highest BCUT2D eigenvalue weighted by atomic mass is 15.2. The molecule has 2 rings (SSSR count). The molecule has 0 spiro atoms. The van der Waals surface area contributed by atoms with Crippen LogP contribution in [0, 0.1) is 12.8 Å². The Morgan fingerprint density at radius 3 is 2.84 bits per heavy atom. The fourth-order valence-corrected chi connectivity index (χ4v) is 3.10. The van der Waals surface area contributed by atoms with Crippen LogP contribution in [0.3, 0.4) is 0 Å². The van der Waals surface area contributed by atoms with E-state index in [4.69, 9.17) is 0 Å². The predicted octanol–water partition coefficient (Wildman–Crippen LogP) is 2.86. The topological polar surface area (TPSA) is 15.3 Å². The molecule has 1 aromatic rings. The molecule has 0 aliphatic carbocycles. The Morgan fingerprint density at radius 1 is 1.32 bits per heavy atom. The van der Waals surface area contributed by atoms with Gasteiger partial charge >= 0.3 is 0 Å². The zero-order valence-corrected chi connectivity index (χ0v) is 12.8. The summed E-state index contributed by atoms with van der Waals surface area (Å²) >= 11 is 0. The number of aryl methyl sites for hydroxylation is 1. The summed E-state index contributed by atoms with van der Waals surface area (Å²) in [6.45, 7) is 9.17. The van der Waals surface area contributed by atoms with Crippen LogP contribution in [0.4, 0.5) is 0 Å². The van der Waals surface area contributed by atoms with Gasteiger partial charge in [-0.25, -0.2) is 0 Å². The second kappa shape index (κ2) is 6.53. The smallest absolute Gasteiger partial charge is 0.0120 e. The predicted molar refractivity (Wildman–Crippen MR) is 82.5 cm³/mol. The maximum Gasteiger partial charge on any atom is 0.0120 e. The van der Waals surface area contributed by atoms with Crippen molar-refractivity contribution in [3.63, 3.8) is 0 Å². The van der Waals surface area contributed by atoms with Crippen molar-refractivity contribution in [3.8, 4) is 0 Å². The van der Waals surface area contributed by atoms with Crippen LogP contribution in [0.25, 0.3) is 0 Å². The van der Waals surface area contributed by atoms with Crippen LogP contribution in [0.2, 0.25) is 0 Å². The maximum absolute atomic E-state index is 3.76. The van der Waals surface area contributed by atoms with E-state index in [-0.39, 0.29) is 0 Å². The molecule has 1 aliphatic rings. The summed E-state index contributed by atoms with van der Waals surface area (Å²) in [5, 5.41) is 3.76. The first-order valence-corrected chi connectivity index (χ1v) is 7.55. The van der Waals surface area contributed by atoms with Crippen molar-refractivity contribution in [1.29, 1.82) is 0 Å². The average molecular weight is 260 g/mol. The van der Waals surface area contributed by atoms with Gasteiger partial charge in [0.05, 0.1) is 0 Å². The molecule has 0 radical (unpaired) electrons. The summed E-state index contributed by atoms with van der Waals surface area (Å²) in [4.78, 5) is 2.48.